The molecular weight excluding hydrogens is 327 g/mol. The fourth-order valence-electron chi connectivity index (χ4n) is 1.42. The van der Waals surface area contributed by atoms with Crippen molar-refractivity contribution in [2.24, 2.45) is 0 Å². The summed E-state index contributed by atoms with van der Waals surface area (Å²) in [7, 11) is 0. The van der Waals surface area contributed by atoms with Crippen molar-refractivity contribution in [1.82, 2.24) is 4.98 Å². The molecule has 1 N–H and O–H groups in total. The molecule has 1 amide bonds. The number of pyridine rings is 1. The van der Waals surface area contributed by atoms with Gasteiger partial charge in [0.1, 0.15) is 0 Å². The molecule has 86 valence electrons. The molecule has 1 aromatic heterocycles. The molecule has 0 aliphatic heterocycles. The summed E-state index contributed by atoms with van der Waals surface area (Å²) in [4.78, 5) is 15.9. The first-order valence-electron chi connectivity index (χ1n) is 5.14. The van der Waals surface area contributed by atoms with Gasteiger partial charge in [0.25, 0.3) is 5.91 Å². The van der Waals surface area contributed by atoms with Gasteiger partial charge in [-0.2, -0.15) is 0 Å². The standard InChI is InChI=1S/C13H11IN2O/c1-9-6-10(8-15-7-9)13(17)16-12-4-2-11(14)3-5-12/h2-8H,1H3,(H,16,17). The molecule has 17 heavy (non-hydrogen) atoms. The zero-order valence-electron chi connectivity index (χ0n) is 9.27. The van der Waals surface area contributed by atoms with E-state index in [1.807, 2.05) is 37.3 Å². The number of nitrogens with zero attached hydrogens (tertiary/aromatic N) is 1. The Labute approximate surface area is 113 Å². The number of anilines is 1. The van der Waals surface area contributed by atoms with E-state index in [4.69, 9.17) is 0 Å². The van der Waals surface area contributed by atoms with E-state index in [1.54, 1.807) is 12.4 Å². The number of aryl methyl sites for hydroxylation is 1. The van der Waals surface area contributed by atoms with Crippen LogP contribution in [0.25, 0.3) is 0 Å². The summed E-state index contributed by atoms with van der Waals surface area (Å²) < 4.78 is 1.14. The number of hydrogen-bond donors (Lipinski definition) is 1. The molecule has 2 rings (SSSR count). The van der Waals surface area contributed by atoms with E-state index in [9.17, 15) is 4.79 Å². The number of halogens is 1. The van der Waals surface area contributed by atoms with Crippen LogP contribution >= 0.6 is 22.6 Å². The van der Waals surface area contributed by atoms with Gasteiger partial charge in [0.15, 0.2) is 0 Å². The Hall–Kier alpha value is -1.43. The van der Waals surface area contributed by atoms with Gasteiger partial charge in [-0.3, -0.25) is 9.78 Å². The fraction of sp³-hybridized carbons (Fsp3) is 0.0769. The summed E-state index contributed by atoms with van der Waals surface area (Å²) in [6.45, 7) is 1.91. The summed E-state index contributed by atoms with van der Waals surface area (Å²) in [5, 5.41) is 2.83. The number of amides is 1. The highest BCUT2D eigenvalue weighted by atomic mass is 127. The lowest BCUT2D eigenvalue weighted by Gasteiger charge is -2.05. The molecule has 0 unspecified atom stereocenters. The molecule has 0 aliphatic rings. The summed E-state index contributed by atoms with van der Waals surface area (Å²) in [6, 6.07) is 9.47. The first-order chi connectivity index (χ1) is 8.15. The van der Waals surface area contributed by atoms with E-state index >= 15 is 0 Å². The van der Waals surface area contributed by atoms with Crippen molar-refractivity contribution in [2.45, 2.75) is 6.92 Å². The van der Waals surface area contributed by atoms with Crippen LogP contribution in [0.5, 0.6) is 0 Å². The number of nitrogens with one attached hydrogen (secondary N) is 1. The largest absolute Gasteiger partial charge is 0.322 e. The fourth-order valence-corrected chi connectivity index (χ4v) is 1.78. The first-order valence-corrected chi connectivity index (χ1v) is 6.21. The second kappa shape index (κ2) is 5.27. The van der Waals surface area contributed by atoms with Crippen LogP contribution in [-0.4, -0.2) is 10.9 Å². The second-order valence-electron chi connectivity index (χ2n) is 3.71. The minimum absolute atomic E-state index is 0.137. The van der Waals surface area contributed by atoms with Gasteiger partial charge in [-0.25, -0.2) is 0 Å². The van der Waals surface area contributed by atoms with Crippen LogP contribution in [-0.2, 0) is 0 Å². The van der Waals surface area contributed by atoms with Crippen molar-refractivity contribution < 1.29 is 4.79 Å². The van der Waals surface area contributed by atoms with Gasteiger partial charge < -0.3 is 5.32 Å². The Bertz CT molecular complexity index is 537. The number of benzene rings is 1. The molecule has 0 aliphatic carbocycles. The van der Waals surface area contributed by atoms with Crippen LogP contribution in [0.15, 0.2) is 42.7 Å². The molecule has 1 aromatic carbocycles. The van der Waals surface area contributed by atoms with Gasteiger partial charge in [0.2, 0.25) is 0 Å². The predicted octanol–water partition coefficient (Wildman–Crippen LogP) is 3.25. The van der Waals surface area contributed by atoms with Gasteiger partial charge in [-0.05, 0) is 65.4 Å². The van der Waals surface area contributed by atoms with Crippen molar-refractivity contribution in [3.63, 3.8) is 0 Å². The van der Waals surface area contributed by atoms with Crippen LogP contribution < -0.4 is 5.32 Å². The minimum atomic E-state index is -0.137. The lowest BCUT2D eigenvalue weighted by molar-refractivity contribution is 0.102. The molecule has 1 heterocycles. The molecule has 0 spiro atoms. The maximum atomic E-state index is 11.9. The Morgan fingerprint density at radius 2 is 1.94 bits per heavy atom. The van der Waals surface area contributed by atoms with Crippen molar-refractivity contribution in [2.75, 3.05) is 5.32 Å². The smallest absolute Gasteiger partial charge is 0.257 e. The van der Waals surface area contributed by atoms with Crippen LogP contribution in [0, 0.1) is 10.5 Å². The predicted molar refractivity (Wildman–Crippen MR) is 76.1 cm³/mol. The maximum absolute atomic E-state index is 11.9. The molecule has 0 radical (unpaired) electrons. The summed E-state index contributed by atoms with van der Waals surface area (Å²) >= 11 is 2.22. The molecule has 2 aromatic rings. The molecule has 0 saturated carbocycles. The molecular formula is C13H11IN2O. The lowest BCUT2D eigenvalue weighted by atomic mass is 10.2. The summed E-state index contributed by atoms with van der Waals surface area (Å²) in [6.07, 6.45) is 3.29. The Kier molecular flexibility index (Phi) is 3.73. The molecule has 0 fully saturated rings. The van der Waals surface area contributed by atoms with Crippen molar-refractivity contribution in [3.8, 4) is 0 Å². The highest BCUT2D eigenvalue weighted by Gasteiger charge is 2.06. The second-order valence-corrected chi connectivity index (χ2v) is 4.96. The highest BCUT2D eigenvalue weighted by molar-refractivity contribution is 14.1. The number of carbonyl (C=O) groups is 1. The molecule has 0 saturated heterocycles. The Morgan fingerprint density at radius 3 is 2.59 bits per heavy atom. The van der Waals surface area contributed by atoms with E-state index in [0.29, 0.717) is 5.56 Å². The third-order valence-electron chi connectivity index (χ3n) is 2.24. The normalized spacial score (nSPS) is 10.0. The number of rotatable bonds is 2. The number of hydrogen-bond acceptors (Lipinski definition) is 2. The monoisotopic (exact) mass is 338 g/mol. The van der Waals surface area contributed by atoms with E-state index in [1.165, 1.54) is 0 Å². The SMILES string of the molecule is Cc1cncc(C(=O)Nc2ccc(I)cc2)c1. The maximum Gasteiger partial charge on any atom is 0.257 e. The van der Waals surface area contributed by atoms with Crippen LogP contribution in [0.1, 0.15) is 15.9 Å². The van der Waals surface area contributed by atoms with Crippen LogP contribution in [0.3, 0.4) is 0 Å². The zero-order valence-corrected chi connectivity index (χ0v) is 11.4. The van der Waals surface area contributed by atoms with Crippen LogP contribution in [0.2, 0.25) is 0 Å². The third-order valence-corrected chi connectivity index (χ3v) is 2.96. The van der Waals surface area contributed by atoms with E-state index in [2.05, 4.69) is 32.9 Å². The first kappa shape index (κ1) is 12.0. The number of aromatic nitrogens is 1. The van der Waals surface area contributed by atoms with Crippen molar-refractivity contribution in [1.29, 1.82) is 0 Å². The van der Waals surface area contributed by atoms with Gasteiger partial charge in [0.05, 0.1) is 5.56 Å². The average Bonchev–Trinajstić information content (AvgIpc) is 2.32. The quantitative estimate of drug-likeness (QED) is 0.854. The molecule has 0 bridgehead atoms. The van der Waals surface area contributed by atoms with Crippen molar-refractivity contribution in [3.05, 3.63) is 57.4 Å². The molecule has 0 atom stereocenters. The number of carbonyl (C=O) groups excluding carboxylic acids is 1. The minimum Gasteiger partial charge on any atom is -0.322 e. The van der Waals surface area contributed by atoms with Gasteiger partial charge in [-0.1, -0.05) is 0 Å². The van der Waals surface area contributed by atoms with Crippen molar-refractivity contribution >= 4 is 34.2 Å². The van der Waals surface area contributed by atoms with E-state index < -0.39 is 0 Å². The lowest BCUT2D eigenvalue weighted by Crippen LogP contribution is -2.12. The van der Waals surface area contributed by atoms with E-state index in [0.717, 1.165) is 14.8 Å². The van der Waals surface area contributed by atoms with Gasteiger partial charge in [-0.15, -0.1) is 0 Å². The highest BCUT2D eigenvalue weighted by Crippen LogP contribution is 2.12. The average molecular weight is 338 g/mol. The van der Waals surface area contributed by atoms with Gasteiger partial charge >= 0.3 is 0 Å². The topological polar surface area (TPSA) is 42.0 Å². The zero-order chi connectivity index (χ0) is 12.3. The molecule has 4 heteroatoms. The van der Waals surface area contributed by atoms with Gasteiger partial charge in [0, 0.05) is 21.7 Å². The summed E-state index contributed by atoms with van der Waals surface area (Å²) in [5.74, 6) is -0.137. The Balaban J connectivity index is 2.14. The van der Waals surface area contributed by atoms with E-state index in [-0.39, 0.29) is 5.91 Å². The third kappa shape index (κ3) is 3.26. The molecule has 3 nitrogen and oxygen atoms in total. The Morgan fingerprint density at radius 1 is 1.24 bits per heavy atom. The summed E-state index contributed by atoms with van der Waals surface area (Å²) in [5.41, 5.74) is 2.33. The van der Waals surface area contributed by atoms with Crippen LogP contribution in [0.4, 0.5) is 5.69 Å².